The van der Waals surface area contributed by atoms with Gasteiger partial charge in [0.15, 0.2) is 11.6 Å². The Bertz CT molecular complexity index is 1920. The Labute approximate surface area is 233 Å². The number of hydrogen-bond donors (Lipinski definition) is 0. The second kappa shape index (κ2) is 8.45. The summed E-state index contributed by atoms with van der Waals surface area (Å²) in [4.78, 5) is 17.0. The highest BCUT2D eigenvalue weighted by molar-refractivity contribution is 6.10. The molecule has 0 unspecified atom stereocenters. The Kier molecular flexibility index (Phi) is 4.83. The Hall–Kier alpha value is -5.09. The van der Waals surface area contributed by atoms with Gasteiger partial charge in [-0.15, -0.1) is 0 Å². The fourth-order valence-corrected chi connectivity index (χ4v) is 6.32. The molecule has 0 saturated heterocycles. The van der Waals surface area contributed by atoms with E-state index in [9.17, 15) is 0 Å². The third-order valence-electron chi connectivity index (χ3n) is 8.28. The molecule has 2 aliphatic rings. The van der Waals surface area contributed by atoms with Gasteiger partial charge in [-0.05, 0) is 51.4 Å². The molecule has 0 spiro atoms. The largest absolute Gasteiger partial charge is 0.285 e. The van der Waals surface area contributed by atoms with Crippen LogP contribution in [0.15, 0.2) is 115 Å². The third-order valence-corrected chi connectivity index (χ3v) is 8.28. The predicted octanol–water partition coefficient (Wildman–Crippen LogP) is 8.79. The topological polar surface area (TPSA) is 41.9 Å². The molecule has 2 heterocycles. The molecule has 0 atom stereocenters. The van der Waals surface area contributed by atoms with Crippen LogP contribution in [0.1, 0.15) is 30.5 Å². The molecule has 0 bridgehead atoms. The van der Waals surface area contributed by atoms with E-state index in [1.165, 1.54) is 38.6 Å². The van der Waals surface area contributed by atoms with Crippen LogP contribution in [0.4, 0.5) is 11.6 Å². The maximum absolute atomic E-state index is 5.00. The van der Waals surface area contributed by atoms with Crippen molar-refractivity contribution in [1.82, 2.24) is 15.0 Å². The van der Waals surface area contributed by atoms with Crippen LogP contribution < -0.4 is 4.90 Å². The number of fused-ring (bicyclic) bond motifs is 4. The van der Waals surface area contributed by atoms with Gasteiger partial charge >= 0.3 is 0 Å². The molecule has 1 aromatic heterocycles. The molecule has 0 fully saturated rings. The molecular formula is C36H26N4. The molecule has 5 aromatic carbocycles. The van der Waals surface area contributed by atoms with Crippen LogP contribution >= 0.6 is 0 Å². The minimum Gasteiger partial charge on any atom is -0.285 e. The van der Waals surface area contributed by atoms with Gasteiger partial charge < -0.3 is 0 Å². The van der Waals surface area contributed by atoms with E-state index in [0.29, 0.717) is 17.6 Å². The maximum Gasteiger partial charge on any atom is 0.238 e. The van der Waals surface area contributed by atoms with Crippen LogP contribution in [-0.2, 0) is 5.41 Å². The lowest BCUT2D eigenvalue weighted by Crippen LogP contribution is -2.18. The SMILES string of the molecule is CC1(C)c2ccccc2-c2c1cc1cccc3c1c2C=CN3c1nc(-c2ccccc2)nc(-c2ccccc2)n1. The molecule has 1 aliphatic carbocycles. The van der Waals surface area contributed by atoms with Crippen molar-refractivity contribution >= 4 is 28.5 Å². The van der Waals surface area contributed by atoms with E-state index in [2.05, 4.69) is 79.6 Å². The van der Waals surface area contributed by atoms with Crippen LogP contribution in [0, 0.1) is 0 Å². The highest BCUT2D eigenvalue weighted by Gasteiger charge is 2.38. The molecule has 4 heteroatoms. The van der Waals surface area contributed by atoms with E-state index in [1.54, 1.807) is 0 Å². The van der Waals surface area contributed by atoms with E-state index in [4.69, 9.17) is 15.0 Å². The summed E-state index contributed by atoms with van der Waals surface area (Å²) < 4.78 is 0. The molecule has 6 aromatic rings. The summed E-state index contributed by atoms with van der Waals surface area (Å²) in [5.41, 5.74) is 9.62. The standard InChI is InChI=1S/C36H26N4/c1-36(2)28-18-10-9-17-26(28)32-27-20-21-40(30-19-11-16-25(31(27)30)22-29(32)36)35-38-33(23-12-5-3-6-13-23)37-34(39-35)24-14-7-4-8-15-24/h3-22H,1-2H3. The van der Waals surface area contributed by atoms with E-state index in [0.717, 1.165) is 16.8 Å². The minimum absolute atomic E-state index is 0.0546. The minimum atomic E-state index is -0.0546. The number of nitrogens with zero attached hydrogens (tertiary/aromatic N) is 4. The van der Waals surface area contributed by atoms with Crippen LogP contribution in [0.2, 0.25) is 0 Å². The second-order valence-electron chi connectivity index (χ2n) is 11.0. The number of anilines is 2. The van der Waals surface area contributed by atoms with Crippen molar-refractivity contribution in [2.75, 3.05) is 4.90 Å². The number of aromatic nitrogens is 3. The van der Waals surface area contributed by atoms with Crippen molar-refractivity contribution in [2.24, 2.45) is 0 Å². The quantitative estimate of drug-likeness (QED) is 0.237. The lowest BCUT2D eigenvalue weighted by molar-refractivity contribution is 0.661. The molecule has 0 radical (unpaired) electrons. The summed E-state index contributed by atoms with van der Waals surface area (Å²) in [7, 11) is 0. The second-order valence-corrected chi connectivity index (χ2v) is 11.0. The summed E-state index contributed by atoms with van der Waals surface area (Å²) in [5, 5.41) is 2.45. The van der Waals surface area contributed by atoms with Gasteiger partial charge in [-0.2, -0.15) is 9.97 Å². The van der Waals surface area contributed by atoms with Crippen molar-refractivity contribution in [1.29, 1.82) is 0 Å². The maximum atomic E-state index is 5.00. The zero-order valence-electron chi connectivity index (χ0n) is 22.3. The van der Waals surface area contributed by atoms with Gasteiger partial charge in [0.1, 0.15) is 0 Å². The van der Waals surface area contributed by atoms with Gasteiger partial charge in [-0.25, -0.2) is 4.98 Å². The van der Waals surface area contributed by atoms with Crippen LogP contribution in [0.25, 0.3) is 50.8 Å². The highest BCUT2D eigenvalue weighted by Crippen LogP contribution is 2.54. The van der Waals surface area contributed by atoms with Crippen molar-refractivity contribution < 1.29 is 0 Å². The van der Waals surface area contributed by atoms with Crippen LogP contribution in [-0.4, -0.2) is 15.0 Å². The van der Waals surface area contributed by atoms with Crippen molar-refractivity contribution in [3.8, 4) is 33.9 Å². The first kappa shape index (κ1) is 22.9. The lowest BCUT2D eigenvalue weighted by atomic mass is 9.81. The van der Waals surface area contributed by atoms with E-state index in [1.807, 2.05) is 60.7 Å². The number of benzene rings is 5. The first-order chi connectivity index (χ1) is 19.6. The summed E-state index contributed by atoms with van der Waals surface area (Å²) >= 11 is 0. The molecule has 0 N–H and O–H groups in total. The van der Waals surface area contributed by atoms with Gasteiger partial charge in [0.05, 0.1) is 5.69 Å². The molecule has 4 nitrogen and oxygen atoms in total. The Morgan fingerprint density at radius 1 is 0.625 bits per heavy atom. The fourth-order valence-electron chi connectivity index (χ4n) is 6.32. The number of rotatable bonds is 3. The normalized spacial score (nSPS) is 14.3. The Morgan fingerprint density at radius 2 is 1.27 bits per heavy atom. The summed E-state index contributed by atoms with van der Waals surface area (Å²) in [5.74, 6) is 1.91. The van der Waals surface area contributed by atoms with Gasteiger partial charge in [-0.3, -0.25) is 4.90 Å². The van der Waals surface area contributed by atoms with Crippen LogP contribution in [0.3, 0.4) is 0 Å². The Morgan fingerprint density at radius 3 is 1.98 bits per heavy atom. The number of hydrogen-bond acceptors (Lipinski definition) is 4. The summed E-state index contributed by atoms with van der Waals surface area (Å²) in [6.45, 7) is 4.67. The molecule has 40 heavy (non-hydrogen) atoms. The molecular weight excluding hydrogens is 488 g/mol. The zero-order valence-corrected chi connectivity index (χ0v) is 22.3. The lowest BCUT2D eigenvalue weighted by Gasteiger charge is -2.28. The first-order valence-electron chi connectivity index (χ1n) is 13.6. The highest BCUT2D eigenvalue weighted by atomic mass is 15.3. The van der Waals surface area contributed by atoms with E-state index < -0.39 is 0 Å². The first-order valence-corrected chi connectivity index (χ1v) is 13.6. The van der Waals surface area contributed by atoms with Crippen molar-refractivity contribution in [2.45, 2.75) is 19.3 Å². The van der Waals surface area contributed by atoms with Gasteiger partial charge in [0, 0.05) is 28.1 Å². The molecule has 190 valence electrons. The monoisotopic (exact) mass is 514 g/mol. The van der Waals surface area contributed by atoms with Crippen molar-refractivity contribution in [3.63, 3.8) is 0 Å². The third kappa shape index (κ3) is 3.29. The summed E-state index contributed by atoms with van der Waals surface area (Å²) in [6, 6.07) is 38.0. The molecule has 1 aliphatic heterocycles. The fraction of sp³-hybridized carbons (Fsp3) is 0.0833. The average Bonchev–Trinajstić information content (AvgIpc) is 3.24. The van der Waals surface area contributed by atoms with E-state index in [-0.39, 0.29) is 5.41 Å². The van der Waals surface area contributed by atoms with Gasteiger partial charge in [-0.1, -0.05) is 111 Å². The molecule has 8 rings (SSSR count). The van der Waals surface area contributed by atoms with E-state index >= 15 is 0 Å². The molecule has 0 saturated carbocycles. The smallest absolute Gasteiger partial charge is 0.238 e. The van der Waals surface area contributed by atoms with Crippen LogP contribution in [0.5, 0.6) is 0 Å². The van der Waals surface area contributed by atoms with Gasteiger partial charge in [0.25, 0.3) is 0 Å². The van der Waals surface area contributed by atoms with Gasteiger partial charge in [0.2, 0.25) is 5.95 Å². The molecule has 0 amide bonds. The van der Waals surface area contributed by atoms with Crippen molar-refractivity contribution in [3.05, 3.63) is 132 Å². The Balaban J connectivity index is 1.36. The average molecular weight is 515 g/mol. The summed E-state index contributed by atoms with van der Waals surface area (Å²) in [6.07, 6.45) is 4.35. The predicted molar refractivity (Wildman–Crippen MR) is 163 cm³/mol. The zero-order chi connectivity index (χ0) is 26.8.